The Morgan fingerprint density at radius 2 is 1.74 bits per heavy atom. The lowest BCUT2D eigenvalue weighted by Crippen LogP contribution is -2.47. The van der Waals surface area contributed by atoms with Gasteiger partial charge >= 0.3 is 0 Å². The Labute approximate surface area is 252 Å². The van der Waals surface area contributed by atoms with Gasteiger partial charge in [-0.2, -0.15) is 0 Å². The summed E-state index contributed by atoms with van der Waals surface area (Å²) in [5.74, 6) is -0.276. The Morgan fingerprint density at radius 1 is 1.07 bits per heavy atom. The van der Waals surface area contributed by atoms with E-state index in [1.54, 1.807) is 12.1 Å². The molecule has 2 amide bonds. The number of hydrogen-bond acceptors (Lipinski definition) is 6. The van der Waals surface area contributed by atoms with E-state index in [1.165, 1.54) is 11.9 Å². The Balaban J connectivity index is 2.23. The van der Waals surface area contributed by atoms with Crippen molar-refractivity contribution in [2.24, 2.45) is 0 Å². The van der Waals surface area contributed by atoms with E-state index in [1.807, 2.05) is 58.9 Å². The van der Waals surface area contributed by atoms with E-state index >= 15 is 4.39 Å². The third-order valence-electron chi connectivity index (χ3n) is 7.13. The molecule has 1 atom stereocenters. The van der Waals surface area contributed by atoms with E-state index in [9.17, 15) is 14.4 Å². The van der Waals surface area contributed by atoms with Crippen LogP contribution in [0.1, 0.15) is 62.8 Å². The molecule has 2 aromatic carbocycles. The normalized spacial score (nSPS) is 12.6. The summed E-state index contributed by atoms with van der Waals surface area (Å²) in [5, 5.41) is 9.33. The highest BCUT2D eigenvalue weighted by atomic mass is 19.1. The van der Waals surface area contributed by atoms with Crippen LogP contribution in [-0.2, 0) is 38.6 Å². The highest BCUT2D eigenvalue weighted by molar-refractivity contribution is 6.35. The number of nitrogens with one attached hydrogen (secondary N) is 3. The molecule has 2 aromatic rings. The van der Waals surface area contributed by atoms with Crippen molar-refractivity contribution in [1.82, 2.24) is 15.5 Å². The molecule has 8 nitrogen and oxygen atoms in total. The molecule has 0 heterocycles. The zero-order chi connectivity index (χ0) is 31.5. The van der Waals surface area contributed by atoms with E-state index < -0.39 is 17.2 Å². The van der Waals surface area contributed by atoms with E-state index in [-0.39, 0.29) is 37.7 Å². The minimum Gasteiger partial charge on any atom is -0.381 e. The molecule has 1 unspecified atom stereocenters. The molecule has 0 aliphatic carbocycles. The van der Waals surface area contributed by atoms with Gasteiger partial charge in [-0.3, -0.25) is 9.59 Å². The smallest absolute Gasteiger partial charge is 0.242 e. The van der Waals surface area contributed by atoms with Crippen molar-refractivity contribution in [2.45, 2.75) is 90.1 Å². The summed E-state index contributed by atoms with van der Waals surface area (Å²) in [6.45, 7) is 11.0. The molecule has 3 N–H and O–H groups in total. The average Bonchev–Trinajstić information content (AvgIpc) is 2.92. The number of benzene rings is 2. The van der Waals surface area contributed by atoms with Crippen LogP contribution in [-0.4, -0.2) is 75.9 Å². The monoisotopic (exact) mass is 580 g/mol. The highest BCUT2D eigenvalue weighted by Crippen LogP contribution is 2.28. The average molecular weight is 580 g/mol. The quantitative estimate of drug-likeness (QED) is 0.185. The largest absolute Gasteiger partial charge is 0.381 e. The van der Waals surface area contributed by atoms with Crippen LogP contribution >= 0.6 is 0 Å². The number of aldehydes is 1. The number of carbonyl (C=O) groups is 3. The van der Waals surface area contributed by atoms with E-state index in [4.69, 9.17) is 4.74 Å². The minimum atomic E-state index is -0.781. The molecule has 42 heavy (non-hydrogen) atoms. The van der Waals surface area contributed by atoms with Crippen LogP contribution in [0.3, 0.4) is 0 Å². The number of ether oxygens (including phenoxy) is 1. The number of carbonyl (C=O) groups excluding carboxylic acids is 3. The summed E-state index contributed by atoms with van der Waals surface area (Å²) in [6.07, 6.45) is 2.16. The molecule has 0 radical (unpaired) electrons. The first-order valence-electron chi connectivity index (χ1n) is 14.6. The van der Waals surface area contributed by atoms with Gasteiger partial charge in [0.05, 0.1) is 11.2 Å². The van der Waals surface area contributed by atoms with Crippen LogP contribution in [0, 0.1) is 12.7 Å². The van der Waals surface area contributed by atoms with Gasteiger partial charge in [-0.25, -0.2) is 4.39 Å². The summed E-state index contributed by atoms with van der Waals surface area (Å²) < 4.78 is 22.2. The molecule has 0 aliphatic heterocycles. The Kier molecular flexibility index (Phi) is 13.3. The maximum absolute atomic E-state index is 15.8. The van der Waals surface area contributed by atoms with Gasteiger partial charge in [-0.05, 0) is 63.8 Å². The van der Waals surface area contributed by atoms with Crippen LogP contribution < -0.4 is 16.0 Å². The van der Waals surface area contributed by atoms with Gasteiger partial charge in [0.2, 0.25) is 12.3 Å². The first-order valence-corrected chi connectivity index (χ1v) is 14.6. The fourth-order valence-corrected chi connectivity index (χ4v) is 5.15. The molecular formula is C31H47B2FN4O4. The molecular weight excluding hydrogens is 533 g/mol. The summed E-state index contributed by atoms with van der Waals surface area (Å²) in [4.78, 5) is 36.9. The fraction of sp³-hybridized carbons (Fsp3) is 0.516. The molecule has 0 aliphatic rings. The first kappa shape index (κ1) is 35.0. The zero-order valence-corrected chi connectivity index (χ0v) is 26.5. The predicted octanol–water partition coefficient (Wildman–Crippen LogP) is 2.05. The van der Waals surface area contributed by atoms with Crippen molar-refractivity contribution in [1.29, 1.82) is 0 Å². The third-order valence-corrected chi connectivity index (χ3v) is 7.13. The van der Waals surface area contributed by atoms with E-state index in [0.717, 1.165) is 23.1 Å². The topological polar surface area (TPSA) is 99.8 Å². The molecule has 0 bridgehead atoms. The molecule has 0 aromatic heterocycles. The van der Waals surface area contributed by atoms with Gasteiger partial charge in [-0.1, -0.05) is 36.2 Å². The van der Waals surface area contributed by atoms with Gasteiger partial charge < -0.3 is 30.4 Å². The Morgan fingerprint density at radius 3 is 2.36 bits per heavy atom. The third kappa shape index (κ3) is 10.6. The second-order valence-electron chi connectivity index (χ2n) is 12.3. The van der Waals surface area contributed by atoms with Gasteiger partial charge in [0.25, 0.3) is 0 Å². The van der Waals surface area contributed by atoms with E-state index in [0.29, 0.717) is 36.3 Å². The second-order valence-corrected chi connectivity index (χ2v) is 12.3. The molecule has 0 saturated heterocycles. The number of amides is 2. The lowest BCUT2D eigenvalue weighted by molar-refractivity contribution is -0.133. The molecule has 2 rings (SSSR count). The Bertz CT molecular complexity index is 1210. The Hall–Kier alpha value is -3.17. The van der Waals surface area contributed by atoms with Crippen molar-refractivity contribution >= 4 is 40.0 Å². The lowest BCUT2D eigenvalue weighted by Gasteiger charge is -2.37. The van der Waals surface area contributed by atoms with Crippen molar-refractivity contribution in [3.8, 4) is 0 Å². The zero-order valence-electron chi connectivity index (χ0n) is 26.5. The number of aryl methyl sites for hydroxylation is 1. The number of rotatable bonds is 18. The van der Waals surface area contributed by atoms with Gasteiger partial charge in [0.1, 0.15) is 33.8 Å². The highest BCUT2D eigenvalue weighted by Gasteiger charge is 2.31. The van der Waals surface area contributed by atoms with Crippen molar-refractivity contribution in [2.75, 3.05) is 18.9 Å². The molecule has 0 spiro atoms. The predicted molar refractivity (Wildman–Crippen MR) is 171 cm³/mol. The molecule has 11 heteroatoms. The van der Waals surface area contributed by atoms with Crippen molar-refractivity contribution < 1.29 is 23.5 Å². The van der Waals surface area contributed by atoms with Gasteiger partial charge in [0.15, 0.2) is 0 Å². The van der Waals surface area contributed by atoms with Crippen LogP contribution in [0.25, 0.3) is 0 Å². The number of hydrogen-bond donors (Lipinski definition) is 3. The minimum absolute atomic E-state index is 0.158. The number of likely N-dealkylation sites (N-methyl/N-ethyl adjacent to an activating group) is 1. The molecule has 0 fully saturated rings. The summed E-state index contributed by atoms with van der Waals surface area (Å²) >= 11 is 0. The first-order chi connectivity index (χ1) is 19.7. The summed E-state index contributed by atoms with van der Waals surface area (Å²) in [6, 6.07) is 10.3. The standard InChI is InChI=1S/C31H47B2FN4O4/c1-21-10-7-13-25(24(21)18-38(20-40)26(14-9-15-39)28(41)35-6)36-17-23-12-8-11-22(27(23)34)16-30(2,3)42-31(4,5)19-37-29(32)33/h7-8,10-13,15,20,26,29,36-37H,9,14,16-19,32-33H2,1-6H3,(H,35,41). The molecule has 228 valence electrons. The SMILES string of the molecule is BC(B)NCC(C)(C)OC(C)(C)Cc1cccc(CNc2cccc(C)c2CN(C=O)C(CCC=O)C(=O)NC)c1F. The van der Waals surface area contributed by atoms with Crippen molar-refractivity contribution in [3.05, 3.63) is 64.5 Å². The maximum atomic E-state index is 15.8. The number of anilines is 1. The second kappa shape index (κ2) is 15.9. The lowest BCUT2D eigenvalue weighted by atomic mass is 9.78. The molecule has 0 saturated carbocycles. The van der Waals surface area contributed by atoms with Crippen LogP contribution in [0.4, 0.5) is 10.1 Å². The van der Waals surface area contributed by atoms with Crippen LogP contribution in [0.15, 0.2) is 36.4 Å². The summed E-state index contributed by atoms with van der Waals surface area (Å²) in [5.41, 5.74) is 2.53. The van der Waals surface area contributed by atoms with Crippen LogP contribution in [0.2, 0.25) is 0 Å². The maximum Gasteiger partial charge on any atom is 0.242 e. The van der Waals surface area contributed by atoms with Crippen LogP contribution in [0.5, 0.6) is 0 Å². The van der Waals surface area contributed by atoms with Crippen molar-refractivity contribution in [3.63, 3.8) is 0 Å². The summed E-state index contributed by atoms with van der Waals surface area (Å²) in [7, 11) is 5.68. The fourth-order valence-electron chi connectivity index (χ4n) is 5.15. The van der Waals surface area contributed by atoms with Gasteiger partial charge in [0, 0.05) is 50.8 Å². The van der Waals surface area contributed by atoms with Gasteiger partial charge in [-0.15, -0.1) is 0 Å². The number of halogens is 1. The van der Waals surface area contributed by atoms with E-state index in [2.05, 4.69) is 31.6 Å². The number of nitrogens with zero attached hydrogens (tertiary/aromatic N) is 1.